The lowest BCUT2D eigenvalue weighted by Gasteiger charge is -2.07. The first kappa shape index (κ1) is 13.4. The van der Waals surface area contributed by atoms with Crippen LogP contribution in [0, 0.1) is 5.82 Å². The highest BCUT2D eigenvalue weighted by Gasteiger charge is 2.08. The van der Waals surface area contributed by atoms with Crippen molar-refractivity contribution in [3.8, 4) is 0 Å². The van der Waals surface area contributed by atoms with Crippen LogP contribution in [0.25, 0.3) is 0 Å². The molecule has 5 heteroatoms. The van der Waals surface area contributed by atoms with Crippen LogP contribution in [-0.4, -0.2) is 5.91 Å². The Bertz CT molecular complexity index is 616. The molecule has 0 bridgehead atoms. The maximum Gasteiger partial charge on any atom is 0.251 e. The van der Waals surface area contributed by atoms with Gasteiger partial charge in [-0.2, -0.15) is 0 Å². The summed E-state index contributed by atoms with van der Waals surface area (Å²) in [5.74, 6) is -0.866. The molecule has 2 aromatic carbocycles. The second kappa shape index (κ2) is 5.71. The third-order valence-corrected chi connectivity index (χ3v) is 3.02. The number of rotatable bonds is 3. The SMILES string of the molecule is Nc1cc(C(=O)NCc2ccccc2Cl)ccc1F. The topological polar surface area (TPSA) is 55.1 Å². The first-order valence-corrected chi connectivity index (χ1v) is 6.02. The summed E-state index contributed by atoms with van der Waals surface area (Å²) in [5.41, 5.74) is 6.49. The molecular weight excluding hydrogens is 267 g/mol. The first-order valence-electron chi connectivity index (χ1n) is 5.64. The first-order chi connectivity index (χ1) is 9.08. The van der Waals surface area contributed by atoms with Gasteiger partial charge in [-0.05, 0) is 29.8 Å². The molecule has 3 nitrogen and oxygen atoms in total. The van der Waals surface area contributed by atoms with Crippen molar-refractivity contribution < 1.29 is 9.18 Å². The predicted octanol–water partition coefficient (Wildman–Crippen LogP) is 2.99. The van der Waals surface area contributed by atoms with E-state index in [9.17, 15) is 9.18 Å². The molecule has 98 valence electrons. The van der Waals surface area contributed by atoms with Crippen LogP contribution in [0.3, 0.4) is 0 Å². The fraction of sp³-hybridized carbons (Fsp3) is 0.0714. The largest absolute Gasteiger partial charge is 0.396 e. The minimum absolute atomic E-state index is 0.0506. The molecule has 0 aliphatic carbocycles. The summed E-state index contributed by atoms with van der Waals surface area (Å²) in [7, 11) is 0. The van der Waals surface area contributed by atoms with Gasteiger partial charge in [0.15, 0.2) is 0 Å². The zero-order valence-corrected chi connectivity index (χ0v) is 10.7. The molecule has 1 amide bonds. The lowest BCUT2D eigenvalue weighted by atomic mass is 10.1. The van der Waals surface area contributed by atoms with Gasteiger partial charge in [0.05, 0.1) is 5.69 Å². The summed E-state index contributed by atoms with van der Waals surface area (Å²) in [6.45, 7) is 0.301. The minimum atomic E-state index is -0.539. The number of hydrogen-bond acceptors (Lipinski definition) is 2. The van der Waals surface area contributed by atoms with Crippen molar-refractivity contribution in [1.82, 2.24) is 5.32 Å². The van der Waals surface area contributed by atoms with E-state index in [1.165, 1.54) is 18.2 Å². The molecule has 2 aromatic rings. The maximum absolute atomic E-state index is 13.0. The molecule has 0 saturated heterocycles. The van der Waals surface area contributed by atoms with Crippen LogP contribution in [0.15, 0.2) is 42.5 Å². The second-order valence-electron chi connectivity index (χ2n) is 4.01. The van der Waals surface area contributed by atoms with E-state index in [4.69, 9.17) is 17.3 Å². The Kier molecular flexibility index (Phi) is 4.02. The number of anilines is 1. The Morgan fingerprint density at radius 1 is 1.26 bits per heavy atom. The van der Waals surface area contributed by atoms with E-state index in [0.29, 0.717) is 17.1 Å². The molecule has 0 saturated carbocycles. The van der Waals surface area contributed by atoms with E-state index in [1.54, 1.807) is 6.07 Å². The highest BCUT2D eigenvalue weighted by atomic mass is 35.5. The summed E-state index contributed by atoms with van der Waals surface area (Å²) in [6, 6.07) is 11.1. The number of nitrogens with two attached hydrogens (primary N) is 1. The van der Waals surface area contributed by atoms with E-state index in [1.807, 2.05) is 18.2 Å². The number of halogens is 2. The van der Waals surface area contributed by atoms with Crippen LogP contribution in [0.5, 0.6) is 0 Å². The van der Waals surface area contributed by atoms with Crippen LogP contribution in [-0.2, 0) is 6.54 Å². The standard InChI is InChI=1S/C14H12ClFN2O/c15-11-4-2-1-3-10(11)8-18-14(19)9-5-6-12(16)13(17)7-9/h1-7H,8,17H2,(H,18,19). The quantitative estimate of drug-likeness (QED) is 0.848. The number of hydrogen-bond donors (Lipinski definition) is 2. The Morgan fingerprint density at radius 3 is 2.68 bits per heavy atom. The van der Waals surface area contributed by atoms with Gasteiger partial charge in [0.2, 0.25) is 0 Å². The number of carbonyl (C=O) groups excluding carboxylic acids is 1. The highest BCUT2D eigenvalue weighted by molar-refractivity contribution is 6.31. The van der Waals surface area contributed by atoms with Gasteiger partial charge in [-0.1, -0.05) is 29.8 Å². The normalized spacial score (nSPS) is 10.2. The molecule has 19 heavy (non-hydrogen) atoms. The monoisotopic (exact) mass is 278 g/mol. The summed E-state index contributed by atoms with van der Waals surface area (Å²) >= 11 is 5.98. The second-order valence-corrected chi connectivity index (χ2v) is 4.42. The Hall–Kier alpha value is -2.07. The number of nitrogens with one attached hydrogen (secondary N) is 1. The predicted molar refractivity (Wildman–Crippen MR) is 73.4 cm³/mol. The molecule has 0 aliphatic rings. The fourth-order valence-electron chi connectivity index (χ4n) is 1.60. The van der Waals surface area contributed by atoms with Crippen molar-refractivity contribution in [1.29, 1.82) is 0 Å². The van der Waals surface area contributed by atoms with Crippen LogP contribution >= 0.6 is 11.6 Å². The van der Waals surface area contributed by atoms with Crippen molar-refractivity contribution in [2.24, 2.45) is 0 Å². The summed E-state index contributed by atoms with van der Waals surface area (Å²) in [5, 5.41) is 3.29. The Morgan fingerprint density at radius 2 is 2.00 bits per heavy atom. The van der Waals surface area contributed by atoms with E-state index < -0.39 is 5.82 Å². The highest BCUT2D eigenvalue weighted by Crippen LogP contribution is 2.15. The smallest absolute Gasteiger partial charge is 0.251 e. The van der Waals surface area contributed by atoms with Gasteiger partial charge >= 0.3 is 0 Å². The van der Waals surface area contributed by atoms with Gasteiger partial charge < -0.3 is 11.1 Å². The fourth-order valence-corrected chi connectivity index (χ4v) is 1.81. The molecular formula is C14H12ClFN2O. The third-order valence-electron chi connectivity index (χ3n) is 2.66. The molecule has 0 spiro atoms. The lowest BCUT2D eigenvalue weighted by molar-refractivity contribution is 0.0951. The van der Waals surface area contributed by atoms with E-state index in [-0.39, 0.29) is 11.6 Å². The van der Waals surface area contributed by atoms with Gasteiger partial charge in [-0.25, -0.2) is 4.39 Å². The maximum atomic E-state index is 13.0. The lowest BCUT2D eigenvalue weighted by Crippen LogP contribution is -2.23. The van der Waals surface area contributed by atoms with Crippen LogP contribution in [0.2, 0.25) is 5.02 Å². The number of carbonyl (C=O) groups is 1. The van der Waals surface area contributed by atoms with Gasteiger partial charge in [-0.3, -0.25) is 4.79 Å². The zero-order chi connectivity index (χ0) is 13.8. The average molecular weight is 279 g/mol. The Labute approximate surface area is 115 Å². The van der Waals surface area contributed by atoms with E-state index >= 15 is 0 Å². The molecule has 0 aromatic heterocycles. The molecule has 2 rings (SSSR count). The van der Waals surface area contributed by atoms with Gasteiger partial charge in [0.1, 0.15) is 5.82 Å². The van der Waals surface area contributed by atoms with Crippen molar-refractivity contribution in [2.45, 2.75) is 6.54 Å². The van der Waals surface area contributed by atoms with Crippen LogP contribution in [0.1, 0.15) is 15.9 Å². The molecule has 0 aliphatic heterocycles. The van der Waals surface area contributed by atoms with Crippen molar-refractivity contribution >= 4 is 23.2 Å². The molecule has 3 N–H and O–H groups in total. The van der Waals surface area contributed by atoms with Crippen LogP contribution < -0.4 is 11.1 Å². The molecule has 0 unspecified atom stereocenters. The zero-order valence-electron chi connectivity index (χ0n) is 9.99. The van der Waals surface area contributed by atoms with Crippen molar-refractivity contribution in [3.05, 3.63) is 64.4 Å². The molecule has 0 radical (unpaired) electrons. The summed E-state index contributed by atoms with van der Waals surface area (Å²) < 4.78 is 13.0. The third kappa shape index (κ3) is 3.23. The van der Waals surface area contributed by atoms with E-state index in [2.05, 4.69) is 5.32 Å². The molecule has 0 fully saturated rings. The van der Waals surface area contributed by atoms with Gasteiger partial charge in [0.25, 0.3) is 5.91 Å². The van der Waals surface area contributed by atoms with Gasteiger partial charge in [-0.15, -0.1) is 0 Å². The molecule has 0 atom stereocenters. The summed E-state index contributed by atoms with van der Waals surface area (Å²) in [6.07, 6.45) is 0. The number of amides is 1. The summed E-state index contributed by atoms with van der Waals surface area (Å²) in [4.78, 5) is 11.9. The average Bonchev–Trinajstić information content (AvgIpc) is 2.40. The van der Waals surface area contributed by atoms with Crippen molar-refractivity contribution in [3.63, 3.8) is 0 Å². The molecule has 0 heterocycles. The van der Waals surface area contributed by atoms with Crippen LogP contribution in [0.4, 0.5) is 10.1 Å². The minimum Gasteiger partial charge on any atom is -0.396 e. The Balaban J connectivity index is 2.05. The van der Waals surface area contributed by atoms with Gasteiger partial charge in [0, 0.05) is 17.1 Å². The van der Waals surface area contributed by atoms with Crippen molar-refractivity contribution in [2.75, 3.05) is 5.73 Å². The van der Waals surface area contributed by atoms with E-state index in [0.717, 1.165) is 5.56 Å². The number of nitrogen functional groups attached to an aromatic ring is 1. The number of benzene rings is 2.